The Bertz CT molecular complexity index is 885. The van der Waals surface area contributed by atoms with Gasteiger partial charge >= 0.3 is 5.97 Å². The molecule has 118 valence electrons. The van der Waals surface area contributed by atoms with Crippen LogP contribution in [0.3, 0.4) is 0 Å². The second kappa shape index (κ2) is 5.96. The SMILES string of the molecule is CCc1ccc(Nc2nc(C)nc3sc(C(=O)O)c(C)c23)cc1. The average Bonchev–Trinajstić information content (AvgIpc) is 2.85. The molecule has 0 radical (unpaired) electrons. The van der Waals surface area contributed by atoms with Gasteiger partial charge in [0.15, 0.2) is 0 Å². The van der Waals surface area contributed by atoms with Gasteiger partial charge in [0.1, 0.15) is 21.3 Å². The van der Waals surface area contributed by atoms with Gasteiger partial charge < -0.3 is 10.4 Å². The molecule has 5 nitrogen and oxygen atoms in total. The molecular formula is C17H17N3O2S. The van der Waals surface area contributed by atoms with Crippen molar-refractivity contribution < 1.29 is 9.90 Å². The third-order valence-corrected chi connectivity index (χ3v) is 4.89. The molecule has 0 saturated heterocycles. The van der Waals surface area contributed by atoms with Gasteiger partial charge in [0.2, 0.25) is 0 Å². The average molecular weight is 327 g/mol. The second-order valence-corrected chi connectivity index (χ2v) is 6.34. The highest BCUT2D eigenvalue weighted by Gasteiger charge is 2.19. The lowest BCUT2D eigenvalue weighted by Crippen LogP contribution is -1.99. The molecule has 0 atom stereocenters. The summed E-state index contributed by atoms with van der Waals surface area (Å²) in [4.78, 5) is 21.2. The first-order valence-corrected chi connectivity index (χ1v) is 8.18. The van der Waals surface area contributed by atoms with Crippen LogP contribution >= 0.6 is 11.3 Å². The lowest BCUT2D eigenvalue weighted by Gasteiger charge is -2.09. The summed E-state index contributed by atoms with van der Waals surface area (Å²) in [5.41, 5.74) is 2.88. The quantitative estimate of drug-likeness (QED) is 0.746. The highest BCUT2D eigenvalue weighted by molar-refractivity contribution is 7.20. The number of carboxylic acid groups (broad SMARTS) is 1. The summed E-state index contributed by atoms with van der Waals surface area (Å²) >= 11 is 1.19. The van der Waals surface area contributed by atoms with Gasteiger partial charge in [-0.1, -0.05) is 19.1 Å². The van der Waals surface area contributed by atoms with E-state index >= 15 is 0 Å². The van der Waals surface area contributed by atoms with E-state index in [9.17, 15) is 9.90 Å². The molecule has 0 bridgehead atoms. The number of rotatable bonds is 4. The Labute approximate surface area is 138 Å². The number of anilines is 2. The fourth-order valence-electron chi connectivity index (χ4n) is 2.50. The van der Waals surface area contributed by atoms with Crippen LogP contribution < -0.4 is 5.32 Å². The van der Waals surface area contributed by atoms with Crippen LogP contribution in [0.5, 0.6) is 0 Å². The zero-order valence-electron chi connectivity index (χ0n) is 13.2. The zero-order valence-corrected chi connectivity index (χ0v) is 14.0. The van der Waals surface area contributed by atoms with E-state index in [4.69, 9.17) is 0 Å². The fraction of sp³-hybridized carbons (Fsp3) is 0.235. The Morgan fingerprint density at radius 1 is 1.22 bits per heavy atom. The Hall–Kier alpha value is -2.47. The number of nitrogens with one attached hydrogen (secondary N) is 1. The van der Waals surface area contributed by atoms with Crippen LogP contribution in [0.2, 0.25) is 0 Å². The molecule has 0 spiro atoms. The maximum absolute atomic E-state index is 11.4. The number of aromatic carboxylic acids is 1. The highest BCUT2D eigenvalue weighted by atomic mass is 32.1. The summed E-state index contributed by atoms with van der Waals surface area (Å²) in [5.74, 6) is 0.336. The molecule has 23 heavy (non-hydrogen) atoms. The third kappa shape index (κ3) is 2.90. The minimum atomic E-state index is -0.929. The predicted molar refractivity (Wildman–Crippen MR) is 93.0 cm³/mol. The molecule has 0 fully saturated rings. The number of aromatic nitrogens is 2. The van der Waals surface area contributed by atoms with Crippen LogP contribution in [-0.4, -0.2) is 21.0 Å². The molecule has 3 aromatic rings. The van der Waals surface area contributed by atoms with Crippen molar-refractivity contribution in [3.63, 3.8) is 0 Å². The molecule has 6 heteroatoms. The Balaban J connectivity index is 2.10. The number of nitrogens with zero attached hydrogens (tertiary/aromatic N) is 2. The molecular weight excluding hydrogens is 310 g/mol. The summed E-state index contributed by atoms with van der Waals surface area (Å²) in [6, 6.07) is 8.14. The second-order valence-electron chi connectivity index (χ2n) is 5.34. The summed E-state index contributed by atoms with van der Waals surface area (Å²) in [6.07, 6.45) is 0.989. The summed E-state index contributed by atoms with van der Waals surface area (Å²) in [7, 11) is 0. The van der Waals surface area contributed by atoms with Crippen molar-refractivity contribution in [1.82, 2.24) is 9.97 Å². The minimum absolute atomic E-state index is 0.310. The number of hydrogen-bond acceptors (Lipinski definition) is 5. The largest absolute Gasteiger partial charge is 0.477 e. The van der Waals surface area contributed by atoms with Crippen molar-refractivity contribution in [2.75, 3.05) is 5.32 Å². The van der Waals surface area contributed by atoms with Gasteiger partial charge in [0.05, 0.1) is 5.39 Å². The summed E-state index contributed by atoms with van der Waals surface area (Å²) < 4.78 is 0. The van der Waals surface area contributed by atoms with E-state index < -0.39 is 5.97 Å². The van der Waals surface area contributed by atoms with Crippen LogP contribution in [0.1, 0.15) is 33.5 Å². The van der Waals surface area contributed by atoms with Crippen LogP contribution in [0, 0.1) is 13.8 Å². The molecule has 0 saturated carbocycles. The van der Waals surface area contributed by atoms with Crippen molar-refractivity contribution in [1.29, 1.82) is 0 Å². The smallest absolute Gasteiger partial charge is 0.346 e. The van der Waals surface area contributed by atoms with E-state index in [0.717, 1.165) is 17.5 Å². The van der Waals surface area contributed by atoms with Crippen molar-refractivity contribution in [2.24, 2.45) is 0 Å². The first-order chi connectivity index (χ1) is 11.0. The monoisotopic (exact) mass is 327 g/mol. The Kier molecular flexibility index (Phi) is 4.00. The number of benzene rings is 1. The van der Waals surface area contributed by atoms with Gasteiger partial charge in [-0.25, -0.2) is 14.8 Å². The van der Waals surface area contributed by atoms with Crippen LogP contribution in [-0.2, 0) is 6.42 Å². The molecule has 3 rings (SSSR count). The Morgan fingerprint density at radius 3 is 2.52 bits per heavy atom. The summed E-state index contributed by atoms with van der Waals surface area (Å²) in [5, 5.41) is 13.4. The van der Waals surface area contributed by atoms with Crippen molar-refractivity contribution >= 4 is 39.0 Å². The number of carbonyl (C=O) groups is 1. The molecule has 0 unspecified atom stereocenters. The van der Waals surface area contributed by atoms with E-state index in [-0.39, 0.29) is 0 Å². The number of fused-ring (bicyclic) bond motifs is 1. The van der Waals surface area contributed by atoms with Crippen molar-refractivity contribution in [3.05, 3.63) is 46.1 Å². The molecule has 0 aliphatic rings. The minimum Gasteiger partial charge on any atom is -0.477 e. The van der Waals surface area contributed by atoms with Gasteiger partial charge in [-0.2, -0.15) is 0 Å². The van der Waals surface area contributed by atoms with E-state index in [2.05, 4.69) is 34.3 Å². The van der Waals surface area contributed by atoms with Crippen LogP contribution in [0.15, 0.2) is 24.3 Å². The molecule has 0 aliphatic carbocycles. The molecule has 1 aromatic carbocycles. The standard InChI is InChI=1S/C17H17N3O2S/c1-4-11-5-7-12(8-6-11)20-15-13-9(2)14(17(21)22)23-16(13)19-10(3)18-15/h5-8H,4H2,1-3H3,(H,21,22)(H,18,19,20). The van der Waals surface area contributed by atoms with E-state index in [1.165, 1.54) is 16.9 Å². The fourth-order valence-corrected chi connectivity index (χ4v) is 3.57. The van der Waals surface area contributed by atoms with Gasteiger partial charge in [0, 0.05) is 5.69 Å². The molecule has 2 aromatic heterocycles. The lowest BCUT2D eigenvalue weighted by atomic mass is 10.1. The number of carboxylic acids is 1. The van der Waals surface area contributed by atoms with Gasteiger partial charge in [-0.05, 0) is 43.5 Å². The van der Waals surface area contributed by atoms with E-state index in [1.54, 1.807) is 13.8 Å². The Morgan fingerprint density at radius 2 is 1.91 bits per heavy atom. The van der Waals surface area contributed by atoms with E-state index in [0.29, 0.717) is 26.9 Å². The van der Waals surface area contributed by atoms with Crippen LogP contribution in [0.25, 0.3) is 10.2 Å². The van der Waals surface area contributed by atoms with Crippen molar-refractivity contribution in [3.8, 4) is 0 Å². The topological polar surface area (TPSA) is 75.1 Å². The van der Waals surface area contributed by atoms with Crippen molar-refractivity contribution in [2.45, 2.75) is 27.2 Å². The molecule has 0 aliphatic heterocycles. The maximum atomic E-state index is 11.4. The van der Waals surface area contributed by atoms with Gasteiger partial charge in [-0.15, -0.1) is 11.3 Å². The highest BCUT2D eigenvalue weighted by Crippen LogP contribution is 2.35. The van der Waals surface area contributed by atoms with Gasteiger partial charge in [0.25, 0.3) is 0 Å². The maximum Gasteiger partial charge on any atom is 0.346 e. The van der Waals surface area contributed by atoms with Gasteiger partial charge in [-0.3, -0.25) is 0 Å². The molecule has 0 amide bonds. The predicted octanol–water partition coefficient (Wildman–Crippen LogP) is 4.31. The van der Waals surface area contributed by atoms with Crippen LogP contribution in [0.4, 0.5) is 11.5 Å². The third-order valence-electron chi connectivity index (χ3n) is 3.72. The number of hydrogen-bond donors (Lipinski definition) is 2. The molecule has 2 N–H and O–H groups in total. The number of aryl methyl sites for hydroxylation is 3. The first kappa shape index (κ1) is 15.4. The summed E-state index contributed by atoms with van der Waals surface area (Å²) in [6.45, 7) is 5.72. The molecule has 2 heterocycles. The number of thiophene rings is 1. The normalized spacial score (nSPS) is 10.9. The lowest BCUT2D eigenvalue weighted by molar-refractivity contribution is 0.0701. The zero-order chi connectivity index (χ0) is 16.6. The van der Waals surface area contributed by atoms with E-state index in [1.807, 2.05) is 12.1 Å². The first-order valence-electron chi connectivity index (χ1n) is 7.36.